The topological polar surface area (TPSA) is 148 Å². The Morgan fingerprint density at radius 1 is 0.735 bits per heavy atom. The Morgan fingerprint density at radius 3 is 1.59 bits per heavy atom. The molecule has 0 aromatic carbocycles. The Labute approximate surface area is 206 Å². The molecule has 0 aromatic rings. The molecular formula is C26H52O8. The monoisotopic (exact) mass is 492 g/mol. The van der Waals surface area contributed by atoms with Gasteiger partial charge in [0.2, 0.25) is 0 Å². The van der Waals surface area contributed by atoms with Crippen molar-refractivity contribution in [3.05, 3.63) is 12.2 Å². The molecule has 8 nitrogen and oxygen atoms in total. The van der Waals surface area contributed by atoms with Crippen LogP contribution in [0, 0.1) is 5.41 Å². The van der Waals surface area contributed by atoms with E-state index in [1.807, 2.05) is 0 Å². The van der Waals surface area contributed by atoms with E-state index in [0.29, 0.717) is 6.42 Å². The van der Waals surface area contributed by atoms with Crippen molar-refractivity contribution in [3.8, 4) is 0 Å². The average molecular weight is 493 g/mol. The summed E-state index contributed by atoms with van der Waals surface area (Å²) in [4.78, 5) is 11.4. The van der Waals surface area contributed by atoms with Crippen molar-refractivity contribution in [2.45, 2.75) is 103 Å². The minimum absolute atomic E-state index is 0.111. The van der Waals surface area contributed by atoms with Crippen LogP contribution in [-0.4, -0.2) is 82.4 Å². The van der Waals surface area contributed by atoms with E-state index >= 15 is 0 Å². The number of hydrogen-bond donors (Lipinski definition) is 6. The molecule has 1 atom stereocenters. The van der Waals surface area contributed by atoms with Gasteiger partial charge >= 0.3 is 5.97 Å². The molecule has 0 amide bonds. The third-order valence-corrected chi connectivity index (χ3v) is 5.63. The zero-order valence-corrected chi connectivity index (χ0v) is 21.4. The minimum Gasteiger partial charge on any atom is -0.463 e. The lowest BCUT2D eigenvalue weighted by atomic mass is 9.93. The molecule has 204 valence electrons. The Morgan fingerprint density at radius 2 is 1.18 bits per heavy atom. The van der Waals surface area contributed by atoms with Crippen molar-refractivity contribution >= 4 is 5.97 Å². The van der Waals surface area contributed by atoms with Gasteiger partial charge in [-0.3, -0.25) is 4.79 Å². The van der Waals surface area contributed by atoms with Crippen LogP contribution in [0.15, 0.2) is 12.2 Å². The maximum Gasteiger partial charge on any atom is 0.305 e. The second-order valence-electron chi connectivity index (χ2n) is 8.99. The number of ether oxygens (including phenoxy) is 1. The number of rotatable bonds is 22. The zero-order chi connectivity index (χ0) is 25.9. The van der Waals surface area contributed by atoms with Gasteiger partial charge in [-0.25, -0.2) is 0 Å². The highest BCUT2D eigenvalue weighted by molar-refractivity contribution is 5.69. The molecule has 8 heteroatoms. The molecule has 0 aliphatic heterocycles. The average Bonchev–Trinajstić information content (AvgIpc) is 2.87. The molecule has 0 fully saturated rings. The van der Waals surface area contributed by atoms with E-state index in [-0.39, 0.29) is 19.2 Å². The molecule has 6 N–H and O–H groups in total. The number of esters is 1. The number of hydrogen-bond acceptors (Lipinski definition) is 8. The molecule has 0 rings (SSSR count). The van der Waals surface area contributed by atoms with E-state index in [4.69, 9.17) is 35.4 Å². The summed E-state index contributed by atoms with van der Waals surface area (Å²) < 4.78 is 4.86. The van der Waals surface area contributed by atoms with Crippen LogP contribution in [0.5, 0.6) is 0 Å². The maximum atomic E-state index is 11.4. The first kappa shape index (κ1) is 35.1. The van der Waals surface area contributed by atoms with E-state index in [1.165, 1.54) is 57.8 Å². The Balaban J connectivity index is 0. The van der Waals surface area contributed by atoms with Gasteiger partial charge < -0.3 is 35.4 Å². The highest BCUT2D eigenvalue weighted by atomic mass is 16.5. The summed E-state index contributed by atoms with van der Waals surface area (Å²) >= 11 is 0. The van der Waals surface area contributed by atoms with Gasteiger partial charge in [-0.15, -0.1) is 0 Å². The third kappa shape index (κ3) is 22.7. The summed E-state index contributed by atoms with van der Waals surface area (Å²) in [6.45, 7) is 0.144. The number of aliphatic hydroxyl groups excluding tert-OH is 6. The lowest BCUT2D eigenvalue weighted by Crippen LogP contribution is -2.37. The second-order valence-corrected chi connectivity index (χ2v) is 8.99. The lowest BCUT2D eigenvalue weighted by Gasteiger charge is -2.23. The van der Waals surface area contributed by atoms with Crippen LogP contribution in [-0.2, 0) is 9.53 Å². The Hall–Kier alpha value is -1.03. The Bertz CT molecular complexity index is 435. The fourth-order valence-corrected chi connectivity index (χ4v) is 2.95. The van der Waals surface area contributed by atoms with E-state index in [0.717, 1.165) is 25.7 Å². The first-order valence-corrected chi connectivity index (χ1v) is 13.0. The summed E-state index contributed by atoms with van der Waals surface area (Å²) in [6, 6.07) is 0. The van der Waals surface area contributed by atoms with Crippen LogP contribution in [0.3, 0.4) is 0 Å². The maximum absolute atomic E-state index is 11.4. The smallest absolute Gasteiger partial charge is 0.305 e. The summed E-state index contributed by atoms with van der Waals surface area (Å²) in [7, 11) is 0. The first-order chi connectivity index (χ1) is 16.4. The minimum atomic E-state index is -1.11. The molecular weight excluding hydrogens is 440 g/mol. The molecule has 0 radical (unpaired) electrons. The predicted molar refractivity (Wildman–Crippen MR) is 134 cm³/mol. The summed E-state index contributed by atoms with van der Waals surface area (Å²) in [5, 5.41) is 51.7. The molecule has 0 saturated carbocycles. The summed E-state index contributed by atoms with van der Waals surface area (Å²) in [5.74, 6) is -0.287. The molecule has 0 aromatic heterocycles. The molecule has 0 spiro atoms. The molecule has 1 unspecified atom stereocenters. The fourth-order valence-electron chi connectivity index (χ4n) is 2.95. The van der Waals surface area contributed by atoms with Crippen LogP contribution >= 0.6 is 0 Å². The normalized spacial score (nSPS) is 12.4. The first-order valence-electron chi connectivity index (χ1n) is 13.0. The number of unbranched alkanes of at least 4 members (excludes halogenated alkanes) is 11. The molecule has 34 heavy (non-hydrogen) atoms. The quantitative estimate of drug-likeness (QED) is 0.0768. The van der Waals surface area contributed by atoms with Crippen LogP contribution in [0.2, 0.25) is 0 Å². The van der Waals surface area contributed by atoms with Gasteiger partial charge in [0.05, 0.1) is 38.4 Å². The number of carbonyl (C=O) groups excluding carboxylic acids is 1. The standard InChI is InChI=1S/C21H40O4.C5H12O4/c1-2-3-4-5-6-7-8-9-10-11-12-13-14-15-16-17-21(24)25-19-20(23)18-22;6-1-5(2-7,3-8)4-9/h9-10,20,22-23H,2-8,11-19H2,1H3;6-9H,1-4H2/b10-9-;. The van der Waals surface area contributed by atoms with Crippen molar-refractivity contribution in [1.29, 1.82) is 0 Å². The van der Waals surface area contributed by atoms with Crippen molar-refractivity contribution < 1.29 is 40.2 Å². The van der Waals surface area contributed by atoms with Crippen molar-refractivity contribution in [2.75, 3.05) is 39.6 Å². The van der Waals surface area contributed by atoms with Crippen molar-refractivity contribution in [3.63, 3.8) is 0 Å². The van der Waals surface area contributed by atoms with Crippen LogP contribution < -0.4 is 0 Å². The van der Waals surface area contributed by atoms with Gasteiger partial charge in [0.25, 0.3) is 0 Å². The molecule has 0 bridgehead atoms. The number of aliphatic hydroxyl groups is 6. The van der Waals surface area contributed by atoms with Crippen molar-refractivity contribution in [1.82, 2.24) is 0 Å². The van der Waals surface area contributed by atoms with Crippen molar-refractivity contribution in [2.24, 2.45) is 5.41 Å². The molecule has 0 aliphatic carbocycles. The van der Waals surface area contributed by atoms with E-state index in [1.54, 1.807) is 0 Å². The third-order valence-electron chi connectivity index (χ3n) is 5.63. The van der Waals surface area contributed by atoms with Gasteiger partial charge in [0.1, 0.15) is 12.7 Å². The SMILES string of the molecule is CCCCCCCC/C=C\CCCCCCCC(=O)OCC(O)CO.OCC(CO)(CO)CO. The number of carbonyl (C=O) groups is 1. The van der Waals surface area contributed by atoms with Gasteiger partial charge in [-0.2, -0.15) is 0 Å². The van der Waals surface area contributed by atoms with Gasteiger partial charge in [0, 0.05) is 6.42 Å². The molecule has 0 heterocycles. The largest absolute Gasteiger partial charge is 0.463 e. The van der Waals surface area contributed by atoms with Crippen LogP contribution in [0.4, 0.5) is 0 Å². The van der Waals surface area contributed by atoms with Gasteiger partial charge in [0.15, 0.2) is 0 Å². The van der Waals surface area contributed by atoms with Gasteiger partial charge in [-0.05, 0) is 32.1 Å². The highest BCUT2D eigenvalue weighted by Gasteiger charge is 2.26. The van der Waals surface area contributed by atoms with E-state index < -0.39 is 37.9 Å². The zero-order valence-electron chi connectivity index (χ0n) is 21.4. The number of allylic oxidation sites excluding steroid dienone is 2. The molecule has 0 aliphatic rings. The van der Waals surface area contributed by atoms with Crippen LogP contribution in [0.25, 0.3) is 0 Å². The summed E-state index contributed by atoms with van der Waals surface area (Å²) in [5.41, 5.74) is -1.11. The fraction of sp³-hybridized carbons (Fsp3) is 0.885. The van der Waals surface area contributed by atoms with E-state index in [2.05, 4.69) is 19.1 Å². The summed E-state index contributed by atoms with van der Waals surface area (Å²) in [6.07, 6.45) is 20.1. The Kier molecular flexibility index (Phi) is 27.5. The molecule has 0 saturated heterocycles. The lowest BCUT2D eigenvalue weighted by molar-refractivity contribution is -0.147. The van der Waals surface area contributed by atoms with Crippen LogP contribution in [0.1, 0.15) is 96.8 Å². The van der Waals surface area contributed by atoms with Gasteiger partial charge in [-0.1, -0.05) is 70.4 Å². The predicted octanol–water partition coefficient (Wildman–Crippen LogP) is 2.86. The second kappa shape index (κ2) is 26.6. The highest BCUT2D eigenvalue weighted by Crippen LogP contribution is 2.12. The van der Waals surface area contributed by atoms with E-state index in [9.17, 15) is 4.79 Å².